The predicted octanol–water partition coefficient (Wildman–Crippen LogP) is 5.03. The molecule has 0 saturated heterocycles. The molecule has 1 aromatic heterocycles. The largest absolute Gasteiger partial charge is 0.299 e. The molecule has 9 heteroatoms. The maximum atomic E-state index is 13.1. The average molecular weight is 410 g/mol. The fraction of sp³-hybridized carbons (Fsp3) is 0. The molecule has 1 N–H and O–H groups in total. The number of nitriles is 1. The van der Waals surface area contributed by atoms with E-state index in [1.165, 1.54) is 28.9 Å². The molecule has 4 rings (SSSR count). The van der Waals surface area contributed by atoms with Crippen LogP contribution in [0, 0.1) is 21.4 Å². The Morgan fingerprint density at radius 2 is 1.61 bits per heavy atom. The van der Waals surface area contributed by atoms with Gasteiger partial charge in [-0.25, -0.2) is 4.68 Å². The number of non-ortho nitro benzene ring substituents is 1. The normalized spacial score (nSPS) is 10.8. The number of nitrogens with one attached hydrogen (secondary N) is 1. The fourth-order valence-corrected chi connectivity index (χ4v) is 2.94. The highest BCUT2D eigenvalue weighted by Gasteiger charge is 2.17. The number of hydrogen-bond acceptors (Lipinski definition) is 6. The minimum Gasteiger partial charge on any atom is -0.288 e. The van der Waals surface area contributed by atoms with Crippen molar-refractivity contribution in [2.24, 2.45) is 10.2 Å². The zero-order valence-corrected chi connectivity index (χ0v) is 16.0. The summed E-state index contributed by atoms with van der Waals surface area (Å²) < 4.78 is 1.26. The number of aromatic amines is 1. The van der Waals surface area contributed by atoms with E-state index >= 15 is 0 Å². The average Bonchev–Trinajstić information content (AvgIpc) is 3.14. The summed E-state index contributed by atoms with van der Waals surface area (Å²) in [6.07, 6.45) is 0. The van der Waals surface area contributed by atoms with Crippen LogP contribution in [0.15, 0.2) is 93.9 Å². The third kappa shape index (κ3) is 3.99. The molecule has 0 fully saturated rings. The monoisotopic (exact) mass is 410 g/mol. The molecular formula is C22H14N6O3. The first kappa shape index (κ1) is 19.5. The molecule has 0 atom stereocenters. The van der Waals surface area contributed by atoms with Crippen LogP contribution in [0.5, 0.6) is 0 Å². The van der Waals surface area contributed by atoms with Gasteiger partial charge >= 0.3 is 0 Å². The van der Waals surface area contributed by atoms with Crippen molar-refractivity contribution < 1.29 is 4.92 Å². The number of rotatable bonds is 5. The second-order valence-corrected chi connectivity index (χ2v) is 6.47. The third-order valence-electron chi connectivity index (χ3n) is 4.51. The molecule has 31 heavy (non-hydrogen) atoms. The second kappa shape index (κ2) is 8.26. The molecule has 0 unspecified atom stereocenters. The van der Waals surface area contributed by atoms with E-state index in [2.05, 4.69) is 15.3 Å². The van der Waals surface area contributed by atoms with E-state index in [1.54, 1.807) is 24.3 Å². The van der Waals surface area contributed by atoms with E-state index in [4.69, 9.17) is 5.26 Å². The van der Waals surface area contributed by atoms with Gasteiger partial charge in [0.15, 0.2) is 5.69 Å². The number of H-pyrrole nitrogens is 1. The van der Waals surface area contributed by atoms with Gasteiger partial charge in [-0.3, -0.25) is 20.0 Å². The zero-order chi connectivity index (χ0) is 21.8. The van der Waals surface area contributed by atoms with Crippen molar-refractivity contribution in [2.45, 2.75) is 0 Å². The van der Waals surface area contributed by atoms with Crippen molar-refractivity contribution in [1.29, 1.82) is 5.26 Å². The van der Waals surface area contributed by atoms with Gasteiger partial charge in [-0.1, -0.05) is 30.3 Å². The van der Waals surface area contributed by atoms with Crippen molar-refractivity contribution >= 4 is 17.1 Å². The Balaban J connectivity index is 1.81. The first-order valence-electron chi connectivity index (χ1n) is 9.14. The van der Waals surface area contributed by atoms with Crippen LogP contribution in [-0.4, -0.2) is 14.7 Å². The number of azo groups is 1. The highest BCUT2D eigenvalue weighted by molar-refractivity contribution is 5.72. The van der Waals surface area contributed by atoms with Gasteiger partial charge in [0.05, 0.1) is 33.6 Å². The second-order valence-electron chi connectivity index (χ2n) is 6.47. The van der Waals surface area contributed by atoms with Gasteiger partial charge in [0.2, 0.25) is 0 Å². The van der Waals surface area contributed by atoms with Crippen LogP contribution in [0.2, 0.25) is 0 Å². The van der Waals surface area contributed by atoms with Crippen LogP contribution >= 0.6 is 0 Å². The van der Waals surface area contributed by atoms with Crippen molar-refractivity contribution in [3.05, 3.63) is 105 Å². The van der Waals surface area contributed by atoms with Gasteiger partial charge in [0.25, 0.3) is 11.2 Å². The maximum Gasteiger partial charge on any atom is 0.299 e. The Bertz CT molecular complexity index is 1360. The Hall–Kier alpha value is -4.84. The molecule has 9 nitrogen and oxygen atoms in total. The number of nitro groups is 1. The summed E-state index contributed by atoms with van der Waals surface area (Å²) in [4.78, 5) is 23.5. The molecular weight excluding hydrogens is 396 g/mol. The Morgan fingerprint density at radius 1 is 0.935 bits per heavy atom. The molecule has 0 radical (unpaired) electrons. The highest BCUT2D eigenvalue weighted by Crippen LogP contribution is 2.28. The maximum absolute atomic E-state index is 13.1. The minimum atomic E-state index is -0.506. The SMILES string of the molecule is N#Cc1ccc(N=Nc2c(-c3ccccc3)[nH]n(-c3ccc([N+](=O)[O-])cc3)c2=O)cc1. The van der Waals surface area contributed by atoms with Crippen LogP contribution in [0.1, 0.15) is 5.56 Å². The number of hydrogen-bond donors (Lipinski definition) is 1. The molecule has 0 amide bonds. The highest BCUT2D eigenvalue weighted by atomic mass is 16.6. The van der Waals surface area contributed by atoms with E-state index in [1.807, 2.05) is 36.4 Å². The van der Waals surface area contributed by atoms with Crippen molar-refractivity contribution in [3.63, 3.8) is 0 Å². The molecule has 0 spiro atoms. The summed E-state index contributed by atoms with van der Waals surface area (Å²) in [5.41, 5.74) is 2.15. The van der Waals surface area contributed by atoms with E-state index in [-0.39, 0.29) is 11.4 Å². The fourth-order valence-electron chi connectivity index (χ4n) is 2.94. The smallest absolute Gasteiger partial charge is 0.288 e. The van der Waals surface area contributed by atoms with Crippen LogP contribution in [0.3, 0.4) is 0 Å². The van der Waals surface area contributed by atoms with E-state index in [0.717, 1.165) is 5.56 Å². The first-order chi connectivity index (χ1) is 15.1. The van der Waals surface area contributed by atoms with Gasteiger partial charge < -0.3 is 0 Å². The molecule has 1 heterocycles. The van der Waals surface area contributed by atoms with Crippen molar-refractivity contribution in [3.8, 4) is 23.0 Å². The molecule has 0 bridgehead atoms. The van der Waals surface area contributed by atoms with Crippen LogP contribution in [-0.2, 0) is 0 Å². The lowest BCUT2D eigenvalue weighted by molar-refractivity contribution is -0.384. The molecule has 0 aliphatic carbocycles. The van der Waals surface area contributed by atoms with Crippen LogP contribution in [0.25, 0.3) is 16.9 Å². The van der Waals surface area contributed by atoms with E-state index in [9.17, 15) is 14.9 Å². The van der Waals surface area contributed by atoms with Gasteiger partial charge in [-0.2, -0.15) is 10.4 Å². The molecule has 0 aliphatic heterocycles. The summed E-state index contributed by atoms with van der Waals surface area (Å²) in [5, 5.41) is 31.1. The van der Waals surface area contributed by atoms with Crippen molar-refractivity contribution in [1.82, 2.24) is 9.78 Å². The predicted molar refractivity (Wildman–Crippen MR) is 114 cm³/mol. The summed E-state index contributed by atoms with van der Waals surface area (Å²) in [5.74, 6) is 0. The Morgan fingerprint density at radius 3 is 2.23 bits per heavy atom. The third-order valence-corrected chi connectivity index (χ3v) is 4.51. The lowest BCUT2D eigenvalue weighted by Crippen LogP contribution is -2.13. The number of aromatic nitrogens is 2. The zero-order valence-electron chi connectivity index (χ0n) is 16.0. The summed E-state index contributed by atoms with van der Waals surface area (Å²) >= 11 is 0. The standard InChI is InChI=1S/C22H14N6O3/c23-14-15-6-8-17(9-7-15)24-25-21-20(16-4-2-1-3-5-16)26-27(22(21)29)18-10-12-19(13-11-18)28(30)31/h1-13,26H. The number of benzene rings is 3. The summed E-state index contributed by atoms with van der Waals surface area (Å²) in [7, 11) is 0. The number of nitrogens with zero attached hydrogens (tertiary/aromatic N) is 5. The quantitative estimate of drug-likeness (QED) is 0.281. The van der Waals surface area contributed by atoms with Gasteiger partial charge in [0, 0.05) is 17.7 Å². The van der Waals surface area contributed by atoms with Gasteiger partial charge in [-0.05, 0) is 36.4 Å². The molecule has 150 valence electrons. The topological polar surface area (TPSA) is 129 Å². The lowest BCUT2D eigenvalue weighted by Gasteiger charge is -2.01. The van der Waals surface area contributed by atoms with Gasteiger partial charge in [0.1, 0.15) is 0 Å². The molecule has 0 aliphatic rings. The molecule has 3 aromatic carbocycles. The molecule has 0 saturated carbocycles. The Kier molecular flexibility index (Phi) is 5.19. The van der Waals surface area contributed by atoms with Gasteiger partial charge in [-0.15, -0.1) is 5.11 Å². The molecule has 4 aromatic rings. The summed E-state index contributed by atoms with van der Waals surface area (Å²) in [6, 6.07) is 23.3. The first-order valence-corrected chi connectivity index (χ1v) is 9.14. The number of nitro benzene ring substituents is 1. The minimum absolute atomic E-state index is 0.0765. The summed E-state index contributed by atoms with van der Waals surface area (Å²) in [6.45, 7) is 0. The lowest BCUT2D eigenvalue weighted by atomic mass is 10.1. The van der Waals surface area contributed by atoms with E-state index in [0.29, 0.717) is 22.6 Å². The van der Waals surface area contributed by atoms with Crippen LogP contribution < -0.4 is 5.56 Å². The van der Waals surface area contributed by atoms with Crippen molar-refractivity contribution in [2.75, 3.05) is 0 Å². The Labute approximate surface area is 175 Å². The van der Waals surface area contributed by atoms with Crippen LogP contribution in [0.4, 0.5) is 17.1 Å². The van der Waals surface area contributed by atoms with E-state index < -0.39 is 10.5 Å².